The van der Waals surface area contributed by atoms with E-state index in [1.54, 1.807) is 0 Å². The summed E-state index contributed by atoms with van der Waals surface area (Å²) in [5.74, 6) is -0.893. The monoisotopic (exact) mass is 1020 g/mol. The topological polar surface area (TPSA) is 78.9 Å². The molecule has 6 nitrogen and oxygen atoms in total. The van der Waals surface area contributed by atoms with Crippen molar-refractivity contribution in [3.05, 3.63) is 72.9 Å². The minimum Gasteiger partial charge on any atom is -0.462 e. The van der Waals surface area contributed by atoms with Gasteiger partial charge in [-0.05, 0) is 109 Å². The van der Waals surface area contributed by atoms with Crippen LogP contribution in [0.1, 0.15) is 316 Å². The lowest BCUT2D eigenvalue weighted by Gasteiger charge is -2.18. The molecule has 0 heterocycles. The van der Waals surface area contributed by atoms with E-state index in [0.29, 0.717) is 19.3 Å². The van der Waals surface area contributed by atoms with Crippen LogP contribution in [0.15, 0.2) is 72.9 Å². The Balaban J connectivity index is 4.37. The van der Waals surface area contributed by atoms with Crippen molar-refractivity contribution in [1.82, 2.24) is 0 Å². The van der Waals surface area contributed by atoms with Crippen molar-refractivity contribution < 1.29 is 28.6 Å². The molecule has 0 aliphatic heterocycles. The van der Waals surface area contributed by atoms with Gasteiger partial charge in [0, 0.05) is 19.3 Å². The summed E-state index contributed by atoms with van der Waals surface area (Å²) in [6.45, 7) is 6.52. The molecule has 0 radical (unpaired) electrons. The van der Waals surface area contributed by atoms with Crippen LogP contribution in [0.3, 0.4) is 0 Å². The maximum absolute atomic E-state index is 12.9. The van der Waals surface area contributed by atoms with Crippen molar-refractivity contribution in [2.75, 3.05) is 13.2 Å². The largest absolute Gasteiger partial charge is 0.462 e. The predicted octanol–water partition coefficient (Wildman–Crippen LogP) is 21.3. The van der Waals surface area contributed by atoms with Crippen LogP contribution < -0.4 is 0 Å². The molecule has 0 spiro atoms. The lowest BCUT2D eigenvalue weighted by molar-refractivity contribution is -0.167. The summed E-state index contributed by atoms with van der Waals surface area (Å²) in [5, 5.41) is 0. The number of rotatable bonds is 57. The number of carbonyl (C=O) groups is 3. The zero-order valence-corrected chi connectivity index (χ0v) is 48.4. The highest BCUT2D eigenvalue weighted by Gasteiger charge is 2.19. The standard InChI is InChI=1S/C67H118O6/c1-4-7-10-13-16-19-22-25-28-30-32-33-35-36-39-42-45-48-51-54-57-60-66(69)72-63-64(62-71-65(68)59-56-53-50-47-44-41-38-27-24-21-18-15-12-9-6-3)73-67(70)61-58-55-52-49-46-43-40-37-34-31-29-26-23-20-17-14-11-8-5-2/h9,12,17-18,20-21,26-27,29-30,32,38,64H,4-8,10-11,13-16,19,22-25,28,31,33-37,39-63H2,1-3H3/b12-9-,20-17-,21-18-,29-26-,32-30-,38-27-. The average molecular weight is 1020 g/mol. The van der Waals surface area contributed by atoms with Crippen LogP contribution in [0.5, 0.6) is 0 Å². The maximum Gasteiger partial charge on any atom is 0.306 e. The van der Waals surface area contributed by atoms with Gasteiger partial charge in [0.2, 0.25) is 0 Å². The van der Waals surface area contributed by atoms with E-state index < -0.39 is 6.10 Å². The third-order valence-electron chi connectivity index (χ3n) is 13.7. The zero-order valence-electron chi connectivity index (χ0n) is 48.4. The lowest BCUT2D eigenvalue weighted by atomic mass is 10.1. The molecule has 0 bridgehead atoms. The van der Waals surface area contributed by atoms with Crippen molar-refractivity contribution in [2.45, 2.75) is 322 Å². The van der Waals surface area contributed by atoms with Crippen molar-refractivity contribution in [3.8, 4) is 0 Å². The second-order valence-corrected chi connectivity index (χ2v) is 20.9. The fraction of sp³-hybridized carbons (Fsp3) is 0.776. The molecule has 0 aromatic heterocycles. The van der Waals surface area contributed by atoms with Crippen molar-refractivity contribution >= 4 is 17.9 Å². The first-order valence-electron chi connectivity index (χ1n) is 31.4. The van der Waals surface area contributed by atoms with Crippen molar-refractivity contribution in [2.24, 2.45) is 0 Å². The van der Waals surface area contributed by atoms with Crippen molar-refractivity contribution in [1.29, 1.82) is 0 Å². The molecule has 6 heteroatoms. The van der Waals surface area contributed by atoms with Gasteiger partial charge in [-0.2, -0.15) is 0 Å². The molecule has 1 unspecified atom stereocenters. The Labute approximate surface area is 453 Å². The van der Waals surface area contributed by atoms with E-state index in [1.807, 2.05) is 0 Å². The molecule has 0 saturated carbocycles. The lowest BCUT2D eigenvalue weighted by Crippen LogP contribution is -2.30. The van der Waals surface area contributed by atoms with Crippen LogP contribution in [0.25, 0.3) is 0 Å². The first kappa shape index (κ1) is 69.8. The molecule has 0 fully saturated rings. The molecular formula is C67H118O6. The summed E-state index contributed by atoms with van der Waals surface area (Å²) in [4.78, 5) is 38.3. The van der Waals surface area contributed by atoms with E-state index in [1.165, 1.54) is 173 Å². The number of hydrogen-bond acceptors (Lipinski definition) is 6. The molecule has 73 heavy (non-hydrogen) atoms. The van der Waals surface area contributed by atoms with E-state index >= 15 is 0 Å². The first-order chi connectivity index (χ1) is 36.0. The highest BCUT2D eigenvalue weighted by molar-refractivity contribution is 5.71. The Bertz CT molecular complexity index is 1360. The molecule has 0 aliphatic carbocycles. The number of ether oxygens (including phenoxy) is 3. The number of unbranched alkanes of at least 4 members (excludes halogenated alkanes) is 34. The Morgan fingerprint density at radius 1 is 0.288 bits per heavy atom. The highest BCUT2D eigenvalue weighted by Crippen LogP contribution is 2.16. The molecule has 0 aliphatic rings. The summed E-state index contributed by atoms with van der Waals surface area (Å²) in [6.07, 6.45) is 79.0. The fourth-order valence-corrected chi connectivity index (χ4v) is 8.95. The van der Waals surface area contributed by atoms with Crippen LogP contribution in [0.2, 0.25) is 0 Å². The van der Waals surface area contributed by atoms with Crippen molar-refractivity contribution in [3.63, 3.8) is 0 Å². The Kier molecular flexibility index (Phi) is 58.7. The quantitative estimate of drug-likeness (QED) is 0.0261. The minimum atomic E-state index is -0.787. The van der Waals surface area contributed by atoms with Gasteiger partial charge in [-0.25, -0.2) is 0 Å². The first-order valence-corrected chi connectivity index (χ1v) is 31.4. The van der Waals surface area contributed by atoms with Crippen LogP contribution in [-0.2, 0) is 28.6 Å². The second-order valence-electron chi connectivity index (χ2n) is 20.9. The number of esters is 3. The molecule has 0 saturated heterocycles. The van der Waals surface area contributed by atoms with E-state index in [-0.39, 0.29) is 31.1 Å². The fourth-order valence-electron chi connectivity index (χ4n) is 8.95. The third kappa shape index (κ3) is 59.6. The van der Waals surface area contributed by atoms with E-state index in [9.17, 15) is 14.4 Å². The highest BCUT2D eigenvalue weighted by atomic mass is 16.6. The summed E-state index contributed by atoms with van der Waals surface area (Å²) in [5.41, 5.74) is 0. The van der Waals surface area contributed by atoms with Crippen LogP contribution in [0, 0.1) is 0 Å². The molecule has 0 aromatic carbocycles. The molecule has 1 atom stereocenters. The Hall–Kier alpha value is -3.15. The smallest absolute Gasteiger partial charge is 0.306 e. The van der Waals surface area contributed by atoms with Gasteiger partial charge < -0.3 is 14.2 Å². The zero-order chi connectivity index (χ0) is 52.9. The van der Waals surface area contributed by atoms with Gasteiger partial charge in [-0.1, -0.05) is 261 Å². The van der Waals surface area contributed by atoms with Gasteiger partial charge in [0.25, 0.3) is 0 Å². The average Bonchev–Trinajstić information content (AvgIpc) is 3.39. The summed E-state index contributed by atoms with van der Waals surface area (Å²) >= 11 is 0. The van der Waals surface area contributed by atoms with Gasteiger partial charge >= 0.3 is 17.9 Å². The van der Waals surface area contributed by atoms with Gasteiger partial charge in [0.05, 0.1) is 0 Å². The minimum absolute atomic E-state index is 0.0826. The van der Waals surface area contributed by atoms with E-state index in [4.69, 9.17) is 14.2 Å². The maximum atomic E-state index is 12.9. The molecule has 0 rings (SSSR count). The van der Waals surface area contributed by atoms with E-state index in [2.05, 4.69) is 93.7 Å². The Morgan fingerprint density at radius 3 is 0.877 bits per heavy atom. The number of allylic oxidation sites excluding steroid dienone is 12. The molecule has 0 N–H and O–H groups in total. The number of hydrogen-bond donors (Lipinski definition) is 0. The van der Waals surface area contributed by atoms with Gasteiger partial charge in [-0.3, -0.25) is 14.4 Å². The van der Waals surface area contributed by atoms with Gasteiger partial charge in [0.15, 0.2) is 6.10 Å². The normalized spacial score (nSPS) is 12.5. The number of carbonyl (C=O) groups excluding carboxylic acids is 3. The second kappa shape index (κ2) is 61.4. The van der Waals surface area contributed by atoms with Gasteiger partial charge in [-0.15, -0.1) is 0 Å². The Morgan fingerprint density at radius 2 is 0.534 bits per heavy atom. The van der Waals surface area contributed by atoms with Gasteiger partial charge in [0.1, 0.15) is 13.2 Å². The summed E-state index contributed by atoms with van der Waals surface area (Å²) < 4.78 is 16.9. The summed E-state index contributed by atoms with van der Waals surface area (Å²) in [6, 6.07) is 0. The molecule has 0 aromatic rings. The summed E-state index contributed by atoms with van der Waals surface area (Å²) in [7, 11) is 0. The molecule has 0 amide bonds. The van der Waals surface area contributed by atoms with Crippen LogP contribution in [-0.4, -0.2) is 37.2 Å². The third-order valence-corrected chi connectivity index (χ3v) is 13.7. The van der Waals surface area contributed by atoms with Crippen LogP contribution >= 0.6 is 0 Å². The van der Waals surface area contributed by atoms with E-state index in [0.717, 1.165) is 103 Å². The molecular weight excluding hydrogens is 901 g/mol. The SMILES string of the molecule is CC/C=C\C/C=C\C/C=C\CCCCCCCC(=O)OCC(COC(=O)CCCCCCCCCCC/C=C\CCCCCCCCCC)OC(=O)CCCCCCCCCCC/C=C\C/C=C\CCCCC. The molecule has 422 valence electrons. The van der Waals surface area contributed by atoms with Crippen LogP contribution in [0.4, 0.5) is 0 Å². The predicted molar refractivity (Wildman–Crippen MR) is 316 cm³/mol.